The Hall–Kier alpha value is -3.91. The minimum Gasteiger partial charge on any atom is -0.385 e. The van der Waals surface area contributed by atoms with Crippen molar-refractivity contribution in [3.63, 3.8) is 0 Å². The molecule has 3 heterocycles. The number of nitrogens with one attached hydrogen (secondary N) is 1. The van der Waals surface area contributed by atoms with Crippen LogP contribution in [-0.4, -0.2) is 45.5 Å². The zero-order valence-corrected chi connectivity index (χ0v) is 19.8. The molecule has 0 spiro atoms. The van der Waals surface area contributed by atoms with Crippen LogP contribution in [0.1, 0.15) is 35.0 Å². The van der Waals surface area contributed by atoms with E-state index in [0.29, 0.717) is 31.7 Å². The normalized spacial score (nSPS) is 14.8. The Bertz CT molecular complexity index is 1330. The lowest BCUT2D eigenvalue weighted by Crippen LogP contribution is -2.42. The molecule has 0 aliphatic carbocycles. The van der Waals surface area contributed by atoms with Gasteiger partial charge in [-0.1, -0.05) is 30.3 Å². The van der Waals surface area contributed by atoms with Crippen molar-refractivity contribution >= 4 is 6.03 Å². The quantitative estimate of drug-likeness (QED) is 0.411. The van der Waals surface area contributed by atoms with Crippen LogP contribution in [0.5, 0.6) is 0 Å². The van der Waals surface area contributed by atoms with Gasteiger partial charge < -0.3 is 19.5 Å². The average Bonchev–Trinajstić information content (AvgIpc) is 3.42. The largest absolute Gasteiger partial charge is 0.385 e. The van der Waals surface area contributed by atoms with E-state index in [1.807, 2.05) is 66.3 Å². The molecule has 2 amide bonds. The lowest BCUT2D eigenvalue weighted by atomic mass is 10.0. The molecule has 2 aromatic heterocycles. The third kappa shape index (κ3) is 4.33. The molecule has 0 radical (unpaired) electrons. The number of benzene rings is 2. The second kappa shape index (κ2) is 9.76. The SMILES string of the molecule is COCCCNC(=O)N1Cc2c(C)nn(-c3ccccc3)c2-n2cccc2[C@@H]1c1cccc(F)c1. The van der Waals surface area contributed by atoms with Crippen LogP contribution >= 0.6 is 0 Å². The fourth-order valence-corrected chi connectivity index (χ4v) is 4.69. The summed E-state index contributed by atoms with van der Waals surface area (Å²) in [6.07, 6.45) is 2.67. The number of aryl methyl sites for hydroxylation is 1. The van der Waals surface area contributed by atoms with Crippen molar-refractivity contribution in [2.45, 2.75) is 25.9 Å². The number of ether oxygens (including phenoxy) is 1. The van der Waals surface area contributed by atoms with E-state index in [1.54, 1.807) is 18.1 Å². The van der Waals surface area contributed by atoms with Gasteiger partial charge in [-0.3, -0.25) is 0 Å². The smallest absolute Gasteiger partial charge is 0.318 e. The third-order valence-electron chi connectivity index (χ3n) is 6.31. The Morgan fingerprint density at radius 2 is 1.97 bits per heavy atom. The molecule has 7 nitrogen and oxygen atoms in total. The molecular weight excluding hydrogens is 445 g/mol. The highest BCUT2D eigenvalue weighted by Gasteiger charge is 2.36. The Morgan fingerprint density at radius 1 is 1.14 bits per heavy atom. The first-order valence-electron chi connectivity index (χ1n) is 11.7. The molecule has 0 saturated carbocycles. The fourth-order valence-electron chi connectivity index (χ4n) is 4.69. The molecule has 1 atom stereocenters. The van der Waals surface area contributed by atoms with E-state index in [1.165, 1.54) is 12.1 Å². The van der Waals surface area contributed by atoms with Crippen molar-refractivity contribution in [1.29, 1.82) is 0 Å². The zero-order chi connectivity index (χ0) is 24.4. The van der Waals surface area contributed by atoms with E-state index in [2.05, 4.69) is 9.88 Å². The Labute approximate surface area is 203 Å². The lowest BCUT2D eigenvalue weighted by molar-refractivity contribution is 0.174. The van der Waals surface area contributed by atoms with Crippen LogP contribution in [0.2, 0.25) is 0 Å². The third-order valence-corrected chi connectivity index (χ3v) is 6.31. The summed E-state index contributed by atoms with van der Waals surface area (Å²) in [6, 6.07) is 19.6. The van der Waals surface area contributed by atoms with Crippen molar-refractivity contribution in [1.82, 2.24) is 24.6 Å². The summed E-state index contributed by atoms with van der Waals surface area (Å²) in [5.74, 6) is 0.541. The first kappa shape index (κ1) is 22.9. The lowest BCUT2D eigenvalue weighted by Gasteiger charge is -2.31. The average molecular weight is 474 g/mol. The zero-order valence-electron chi connectivity index (χ0n) is 19.8. The summed E-state index contributed by atoms with van der Waals surface area (Å²) >= 11 is 0. The van der Waals surface area contributed by atoms with Gasteiger partial charge in [0.25, 0.3) is 0 Å². The molecular formula is C27H28FN5O2. The number of methoxy groups -OCH3 is 1. The van der Waals surface area contributed by atoms with Gasteiger partial charge in [0.2, 0.25) is 0 Å². The van der Waals surface area contributed by atoms with Gasteiger partial charge in [-0.25, -0.2) is 13.9 Å². The maximum absolute atomic E-state index is 14.3. The van der Waals surface area contributed by atoms with Crippen LogP contribution in [0.4, 0.5) is 9.18 Å². The molecule has 2 aromatic carbocycles. The molecule has 1 aliphatic heterocycles. The Morgan fingerprint density at radius 3 is 2.74 bits per heavy atom. The Balaban J connectivity index is 1.66. The van der Waals surface area contributed by atoms with E-state index in [-0.39, 0.29) is 11.8 Å². The van der Waals surface area contributed by atoms with E-state index in [9.17, 15) is 9.18 Å². The van der Waals surface area contributed by atoms with Crippen LogP contribution in [0.25, 0.3) is 11.5 Å². The summed E-state index contributed by atoms with van der Waals surface area (Å²) in [4.78, 5) is 15.3. The summed E-state index contributed by atoms with van der Waals surface area (Å²) < 4.78 is 23.4. The van der Waals surface area contributed by atoms with Gasteiger partial charge in [-0.15, -0.1) is 0 Å². The molecule has 180 valence electrons. The number of halogens is 1. The van der Waals surface area contributed by atoms with Crippen molar-refractivity contribution in [3.05, 3.63) is 101 Å². The number of carbonyl (C=O) groups is 1. The van der Waals surface area contributed by atoms with Crippen molar-refractivity contribution < 1.29 is 13.9 Å². The number of rotatable bonds is 6. The second-order valence-electron chi connectivity index (χ2n) is 8.60. The van der Waals surface area contributed by atoms with Crippen molar-refractivity contribution in [2.24, 2.45) is 0 Å². The standard InChI is InChI=1S/C27H28FN5O2/c1-19-23-18-32(27(34)29-14-8-16-35-2)25(20-9-6-10-21(28)17-20)24-13-7-15-31(24)26(23)33(30-19)22-11-4-3-5-12-22/h3-7,9-13,15,17,25H,8,14,16,18H2,1-2H3,(H,29,34)/t25-/m0/s1. The molecule has 8 heteroatoms. The van der Waals surface area contributed by atoms with Gasteiger partial charge in [0, 0.05) is 32.0 Å². The van der Waals surface area contributed by atoms with Gasteiger partial charge >= 0.3 is 6.03 Å². The first-order chi connectivity index (χ1) is 17.1. The molecule has 5 rings (SSSR count). The number of hydrogen-bond donors (Lipinski definition) is 1. The molecule has 1 N–H and O–H groups in total. The minimum absolute atomic E-state index is 0.220. The summed E-state index contributed by atoms with van der Waals surface area (Å²) in [6.45, 7) is 3.32. The highest BCUT2D eigenvalue weighted by atomic mass is 19.1. The number of amides is 2. The number of aromatic nitrogens is 3. The molecule has 35 heavy (non-hydrogen) atoms. The molecule has 4 aromatic rings. The number of hydrogen-bond acceptors (Lipinski definition) is 3. The van der Waals surface area contributed by atoms with Gasteiger partial charge in [0.05, 0.1) is 29.7 Å². The van der Waals surface area contributed by atoms with Gasteiger partial charge in [0.15, 0.2) is 0 Å². The van der Waals surface area contributed by atoms with Crippen LogP contribution in [0.15, 0.2) is 72.9 Å². The number of fused-ring (bicyclic) bond motifs is 3. The van der Waals surface area contributed by atoms with E-state index < -0.39 is 6.04 Å². The predicted octanol–water partition coefficient (Wildman–Crippen LogP) is 4.76. The fraction of sp³-hybridized carbons (Fsp3) is 0.259. The van der Waals surface area contributed by atoms with Crippen LogP contribution in [0.3, 0.4) is 0 Å². The number of para-hydroxylation sites is 1. The molecule has 0 bridgehead atoms. The molecule has 0 fully saturated rings. The number of carbonyl (C=O) groups excluding carboxylic acids is 1. The molecule has 0 unspecified atom stereocenters. The van der Waals surface area contributed by atoms with Gasteiger partial charge in [-0.2, -0.15) is 5.10 Å². The van der Waals surface area contributed by atoms with E-state index in [0.717, 1.165) is 28.5 Å². The highest BCUT2D eigenvalue weighted by Crippen LogP contribution is 2.38. The Kier molecular flexibility index (Phi) is 6.37. The van der Waals surface area contributed by atoms with Crippen LogP contribution in [0, 0.1) is 12.7 Å². The number of urea groups is 1. The first-order valence-corrected chi connectivity index (χ1v) is 11.7. The highest BCUT2D eigenvalue weighted by molar-refractivity contribution is 5.76. The molecule has 0 saturated heterocycles. The van der Waals surface area contributed by atoms with E-state index >= 15 is 0 Å². The summed E-state index contributed by atoms with van der Waals surface area (Å²) in [7, 11) is 1.64. The summed E-state index contributed by atoms with van der Waals surface area (Å²) in [5.41, 5.74) is 4.27. The van der Waals surface area contributed by atoms with E-state index in [4.69, 9.17) is 9.84 Å². The number of nitrogens with zero attached hydrogens (tertiary/aromatic N) is 4. The van der Waals surface area contributed by atoms with Crippen LogP contribution < -0.4 is 5.32 Å². The molecule has 1 aliphatic rings. The van der Waals surface area contributed by atoms with Gasteiger partial charge in [-0.05, 0) is 55.3 Å². The van der Waals surface area contributed by atoms with Gasteiger partial charge in [0.1, 0.15) is 11.6 Å². The monoisotopic (exact) mass is 473 g/mol. The topological polar surface area (TPSA) is 64.3 Å². The van der Waals surface area contributed by atoms with Crippen LogP contribution in [-0.2, 0) is 11.3 Å². The predicted molar refractivity (Wildman–Crippen MR) is 131 cm³/mol. The summed E-state index contributed by atoms with van der Waals surface area (Å²) in [5, 5.41) is 7.85. The maximum Gasteiger partial charge on any atom is 0.318 e. The minimum atomic E-state index is -0.487. The second-order valence-corrected chi connectivity index (χ2v) is 8.60. The van der Waals surface area contributed by atoms with Crippen molar-refractivity contribution in [2.75, 3.05) is 20.3 Å². The van der Waals surface area contributed by atoms with Crippen molar-refractivity contribution in [3.8, 4) is 11.5 Å². The maximum atomic E-state index is 14.3.